The second-order valence-corrected chi connectivity index (χ2v) is 4.38. The van der Waals surface area contributed by atoms with Crippen molar-refractivity contribution in [3.05, 3.63) is 52.5 Å². The number of nitriles is 1. The van der Waals surface area contributed by atoms with Gasteiger partial charge in [0.15, 0.2) is 0 Å². The summed E-state index contributed by atoms with van der Waals surface area (Å²) in [4.78, 5) is 0. The summed E-state index contributed by atoms with van der Waals surface area (Å²) in [5, 5.41) is 12.7. The Hall–Kier alpha value is -2.18. The van der Waals surface area contributed by atoms with Crippen LogP contribution >= 0.6 is 11.6 Å². The molecule has 2 rings (SSSR count). The summed E-state index contributed by atoms with van der Waals surface area (Å²) in [6.07, 6.45) is 0. The first-order valence-electron chi connectivity index (χ1n) is 5.43. The Morgan fingerprint density at radius 3 is 2.67 bits per heavy atom. The molecule has 90 valence electrons. The molecule has 0 saturated heterocycles. The summed E-state index contributed by atoms with van der Waals surface area (Å²) in [6.45, 7) is 1.97. The van der Waals surface area contributed by atoms with Crippen LogP contribution in [0.25, 0.3) is 0 Å². The van der Waals surface area contributed by atoms with Crippen molar-refractivity contribution in [3.8, 4) is 6.07 Å². The molecule has 2 aromatic carbocycles. The van der Waals surface area contributed by atoms with Gasteiger partial charge in [-0.1, -0.05) is 23.7 Å². The van der Waals surface area contributed by atoms with E-state index >= 15 is 0 Å². The van der Waals surface area contributed by atoms with Crippen LogP contribution in [0, 0.1) is 18.3 Å². The Morgan fingerprint density at radius 1 is 1.28 bits per heavy atom. The highest BCUT2D eigenvalue weighted by Gasteiger charge is 2.05. The van der Waals surface area contributed by atoms with E-state index in [4.69, 9.17) is 22.6 Å². The molecule has 0 spiro atoms. The van der Waals surface area contributed by atoms with Crippen molar-refractivity contribution in [1.82, 2.24) is 0 Å². The Balaban J connectivity index is 2.35. The summed E-state index contributed by atoms with van der Waals surface area (Å²) in [5.41, 5.74) is 9.39. The smallest absolute Gasteiger partial charge is 0.101 e. The van der Waals surface area contributed by atoms with E-state index in [1.807, 2.05) is 31.2 Å². The lowest BCUT2D eigenvalue weighted by Gasteiger charge is -2.12. The number of nitrogens with zero attached hydrogens (tertiary/aromatic N) is 1. The topological polar surface area (TPSA) is 61.8 Å². The van der Waals surface area contributed by atoms with Gasteiger partial charge in [-0.15, -0.1) is 0 Å². The molecule has 0 bridgehead atoms. The van der Waals surface area contributed by atoms with Gasteiger partial charge in [0.1, 0.15) is 6.07 Å². The number of para-hydroxylation sites is 1. The van der Waals surface area contributed by atoms with E-state index < -0.39 is 0 Å². The molecule has 3 nitrogen and oxygen atoms in total. The van der Waals surface area contributed by atoms with Crippen LogP contribution in [0.4, 0.5) is 17.1 Å². The van der Waals surface area contributed by atoms with Crippen molar-refractivity contribution in [3.63, 3.8) is 0 Å². The van der Waals surface area contributed by atoms with Crippen molar-refractivity contribution in [1.29, 1.82) is 5.26 Å². The molecule has 2 aromatic rings. The fourth-order valence-electron chi connectivity index (χ4n) is 1.68. The summed E-state index contributed by atoms with van der Waals surface area (Å²) in [7, 11) is 0. The average Bonchev–Trinajstić information content (AvgIpc) is 2.34. The fraction of sp³-hybridized carbons (Fsp3) is 0.0714. The number of nitrogen functional groups attached to an aromatic ring is 1. The molecule has 0 atom stereocenters. The number of benzene rings is 2. The predicted molar refractivity (Wildman–Crippen MR) is 75.0 cm³/mol. The van der Waals surface area contributed by atoms with Gasteiger partial charge in [0.05, 0.1) is 22.0 Å². The molecule has 0 amide bonds. The second kappa shape index (κ2) is 4.99. The van der Waals surface area contributed by atoms with Crippen LogP contribution in [0.3, 0.4) is 0 Å². The van der Waals surface area contributed by atoms with Crippen LogP contribution in [0.5, 0.6) is 0 Å². The summed E-state index contributed by atoms with van der Waals surface area (Å²) in [5.74, 6) is 0. The van der Waals surface area contributed by atoms with Crippen LogP contribution in [-0.4, -0.2) is 0 Å². The molecule has 0 aliphatic carbocycles. The molecule has 0 aliphatic rings. The maximum Gasteiger partial charge on any atom is 0.101 e. The minimum Gasteiger partial charge on any atom is -0.398 e. The zero-order valence-electron chi connectivity index (χ0n) is 9.87. The van der Waals surface area contributed by atoms with E-state index in [1.54, 1.807) is 18.2 Å². The minimum absolute atomic E-state index is 0.451. The monoisotopic (exact) mass is 257 g/mol. The SMILES string of the molecule is Cc1cccc(Cl)c1Nc1ccc(C#N)c(N)c1. The van der Waals surface area contributed by atoms with Crippen molar-refractivity contribution in [2.24, 2.45) is 0 Å². The van der Waals surface area contributed by atoms with Gasteiger partial charge in [0, 0.05) is 5.69 Å². The van der Waals surface area contributed by atoms with Crippen LogP contribution in [-0.2, 0) is 0 Å². The largest absolute Gasteiger partial charge is 0.398 e. The number of nitrogens with two attached hydrogens (primary N) is 1. The number of nitrogens with one attached hydrogen (secondary N) is 1. The lowest BCUT2D eigenvalue weighted by atomic mass is 10.1. The highest BCUT2D eigenvalue weighted by atomic mass is 35.5. The first-order valence-corrected chi connectivity index (χ1v) is 5.81. The predicted octanol–water partition coefficient (Wildman–Crippen LogP) is 3.85. The lowest BCUT2D eigenvalue weighted by Crippen LogP contribution is -1.97. The quantitative estimate of drug-likeness (QED) is 0.804. The first kappa shape index (κ1) is 12.3. The Morgan fingerprint density at radius 2 is 2.06 bits per heavy atom. The van der Waals surface area contributed by atoms with Crippen molar-refractivity contribution in [2.75, 3.05) is 11.1 Å². The number of aryl methyl sites for hydroxylation is 1. The van der Waals surface area contributed by atoms with Gasteiger partial charge < -0.3 is 11.1 Å². The van der Waals surface area contributed by atoms with Gasteiger partial charge in [-0.05, 0) is 36.8 Å². The van der Waals surface area contributed by atoms with Gasteiger partial charge >= 0.3 is 0 Å². The lowest BCUT2D eigenvalue weighted by molar-refractivity contribution is 1.42. The molecule has 0 radical (unpaired) electrons. The van der Waals surface area contributed by atoms with Gasteiger partial charge in [-0.25, -0.2) is 0 Å². The summed E-state index contributed by atoms with van der Waals surface area (Å²) >= 11 is 6.13. The molecule has 0 fully saturated rings. The highest BCUT2D eigenvalue weighted by Crippen LogP contribution is 2.29. The molecular formula is C14H12ClN3. The molecule has 0 saturated carbocycles. The van der Waals surface area contributed by atoms with Gasteiger partial charge in [-0.3, -0.25) is 0 Å². The maximum absolute atomic E-state index is 8.82. The molecule has 3 N–H and O–H groups in total. The Bertz CT molecular complexity index is 609. The van der Waals surface area contributed by atoms with Crippen molar-refractivity contribution >= 4 is 28.7 Å². The van der Waals surface area contributed by atoms with Crippen LogP contribution in [0.15, 0.2) is 36.4 Å². The van der Waals surface area contributed by atoms with Crippen LogP contribution in [0.2, 0.25) is 5.02 Å². The Kier molecular flexibility index (Phi) is 3.40. The number of halogens is 1. The van der Waals surface area contributed by atoms with Crippen molar-refractivity contribution in [2.45, 2.75) is 6.92 Å². The van der Waals surface area contributed by atoms with E-state index in [0.717, 1.165) is 16.9 Å². The molecule has 0 unspecified atom stereocenters. The van der Waals surface area contributed by atoms with Gasteiger partial charge in [0.25, 0.3) is 0 Å². The molecule has 18 heavy (non-hydrogen) atoms. The first-order chi connectivity index (χ1) is 8.61. The third-order valence-corrected chi connectivity index (χ3v) is 2.98. The number of rotatable bonds is 2. The molecular weight excluding hydrogens is 246 g/mol. The zero-order chi connectivity index (χ0) is 13.1. The number of anilines is 3. The van der Waals surface area contributed by atoms with Crippen molar-refractivity contribution < 1.29 is 0 Å². The van der Waals surface area contributed by atoms with E-state index in [2.05, 4.69) is 5.32 Å². The van der Waals surface area contributed by atoms with Gasteiger partial charge in [0.2, 0.25) is 0 Å². The summed E-state index contributed by atoms with van der Waals surface area (Å²) in [6, 6.07) is 12.9. The fourth-order valence-corrected chi connectivity index (χ4v) is 1.95. The van der Waals surface area contributed by atoms with Crippen LogP contribution in [0.1, 0.15) is 11.1 Å². The maximum atomic E-state index is 8.82. The molecule has 0 aliphatic heterocycles. The summed E-state index contributed by atoms with van der Waals surface area (Å²) < 4.78 is 0. The highest BCUT2D eigenvalue weighted by molar-refractivity contribution is 6.33. The third kappa shape index (κ3) is 2.39. The second-order valence-electron chi connectivity index (χ2n) is 3.97. The molecule has 4 heteroatoms. The molecule has 0 heterocycles. The minimum atomic E-state index is 0.451. The number of hydrogen-bond acceptors (Lipinski definition) is 3. The van der Waals surface area contributed by atoms with Crippen LogP contribution < -0.4 is 11.1 Å². The van der Waals surface area contributed by atoms with E-state index in [9.17, 15) is 0 Å². The third-order valence-electron chi connectivity index (χ3n) is 2.66. The molecule has 0 aromatic heterocycles. The van der Waals surface area contributed by atoms with Gasteiger partial charge in [-0.2, -0.15) is 5.26 Å². The van der Waals surface area contributed by atoms with E-state index in [1.165, 1.54) is 0 Å². The van der Waals surface area contributed by atoms with E-state index in [0.29, 0.717) is 16.3 Å². The standard InChI is InChI=1S/C14H12ClN3/c1-9-3-2-4-12(15)14(9)18-11-6-5-10(8-16)13(17)7-11/h2-7,18H,17H2,1H3. The zero-order valence-corrected chi connectivity index (χ0v) is 10.6. The van der Waals surface area contributed by atoms with E-state index in [-0.39, 0.29) is 0 Å². The Labute approximate surface area is 111 Å². The average molecular weight is 258 g/mol. The normalized spacial score (nSPS) is 9.83. The number of hydrogen-bond donors (Lipinski definition) is 2.